The first-order valence-corrected chi connectivity index (χ1v) is 6.42. The van der Waals surface area contributed by atoms with Crippen LogP contribution in [0.1, 0.15) is 45.1 Å². The van der Waals surface area contributed by atoms with Crippen LogP contribution in [0.2, 0.25) is 0 Å². The summed E-state index contributed by atoms with van der Waals surface area (Å²) in [5.41, 5.74) is 0.343. The highest BCUT2D eigenvalue weighted by Crippen LogP contribution is 1.95. The number of unbranched alkanes of at least 4 members (excludes halogenated alkanes) is 2. The molecule has 0 aliphatic heterocycles. The van der Waals surface area contributed by atoms with Gasteiger partial charge in [0.2, 0.25) is 0 Å². The van der Waals surface area contributed by atoms with Crippen LogP contribution >= 0.6 is 0 Å². The fourth-order valence-corrected chi connectivity index (χ4v) is 1.80. The molecule has 4 heteroatoms. The highest BCUT2D eigenvalue weighted by Gasteiger charge is 2.07. The lowest BCUT2D eigenvalue weighted by atomic mass is 10.3. The minimum Gasteiger partial charge on any atom is -0.300 e. The standard InChI is InChI=1S/C13H22N2O2/c1-4-6-8-14-10-11(3)12(16)15(13(14)17)9-7-5-2/h10H,4-9H2,1-3H3. The maximum absolute atomic E-state index is 12.1. The molecular formula is C13H22N2O2. The van der Waals surface area contributed by atoms with Gasteiger partial charge in [0, 0.05) is 24.8 Å². The molecule has 0 N–H and O–H groups in total. The Hall–Kier alpha value is -1.32. The second-order valence-corrected chi connectivity index (χ2v) is 4.45. The fourth-order valence-electron chi connectivity index (χ4n) is 1.80. The first-order valence-electron chi connectivity index (χ1n) is 6.42. The predicted molar refractivity (Wildman–Crippen MR) is 69.5 cm³/mol. The van der Waals surface area contributed by atoms with Gasteiger partial charge in [-0.3, -0.25) is 9.36 Å². The van der Waals surface area contributed by atoms with E-state index in [1.807, 2.05) is 0 Å². The van der Waals surface area contributed by atoms with E-state index < -0.39 is 0 Å². The lowest BCUT2D eigenvalue weighted by Crippen LogP contribution is -2.40. The molecule has 0 unspecified atom stereocenters. The summed E-state index contributed by atoms with van der Waals surface area (Å²) in [5.74, 6) is 0. The number of nitrogens with zero attached hydrogens (tertiary/aromatic N) is 2. The molecule has 17 heavy (non-hydrogen) atoms. The van der Waals surface area contributed by atoms with Crippen LogP contribution in [0, 0.1) is 6.92 Å². The lowest BCUT2D eigenvalue weighted by Gasteiger charge is -2.10. The van der Waals surface area contributed by atoms with E-state index in [1.54, 1.807) is 17.7 Å². The highest BCUT2D eigenvalue weighted by atomic mass is 16.2. The van der Waals surface area contributed by atoms with Crippen molar-refractivity contribution in [1.82, 2.24) is 9.13 Å². The van der Waals surface area contributed by atoms with Gasteiger partial charge >= 0.3 is 5.69 Å². The van der Waals surface area contributed by atoms with Crippen LogP contribution in [0.25, 0.3) is 0 Å². The normalized spacial score (nSPS) is 10.8. The van der Waals surface area contributed by atoms with E-state index >= 15 is 0 Å². The molecule has 1 aromatic rings. The first kappa shape index (κ1) is 13.7. The Bertz CT molecular complexity index is 471. The summed E-state index contributed by atoms with van der Waals surface area (Å²) in [5, 5.41) is 0. The quantitative estimate of drug-likeness (QED) is 0.760. The lowest BCUT2D eigenvalue weighted by molar-refractivity contribution is 0.513. The molecule has 0 radical (unpaired) electrons. The molecule has 1 aromatic heterocycles. The van der Waals surface area contributed by atoms with Gasteiger partial charge in [0.05, 0.1) is 0 Å². The fraction of sp³-hybridized carbons (Fsp3) is 0.692. The number of hydrogen-bond donors (Lipinski definition) is 0. The van der Waals surface area contributed by atoms with E-state index in [1.165, 1.54) is 4.57 Å². The van der Waals surface area contributed by atoms with Crippen LogP contribution in [0.4, 0.5) is 0 Å². The van der Waals surface area contributed by atoms with Crippen LogP contribution in [-0.4, -0.2) is 9.13 Å². The average molecular weight is 238 g/mol. The summed E-state index contributed by atoms with van der Waals surface area (Å²) in [6.07, 6.45) is 5.54. The molecule has 0 fully saturated rings. The van der Waals surface area contributed by atoms with E-state index in [-0.39, 0.29) is 11.2 Å². The van der Waals surface area contributed by atoms with Crippen molar-refractivity contribution < 1.29 is 0 Å². The number of rotatable bonds is 6. The summed E-state index contributed by atoms with van der Waals surface area (Å²) in [4.78, 5) is 24.0. The van der Waals surface area contributed by atoms with Crippen molar-refractivity contribution in [3.8, 4) is 0 Å². The van der Waals surface area contributed by atoms with E-state index in [0.717, 1.165) is 25.7 Å². The molecule has 0 saturated carbocycles. The van der Waals surface area contributed by atoms with Gasteiger partial charge in [0.25, 0.3) is 5.56 Å². The molecule has 0 bridgehead atoms. The number of aromatic nitrogens is 2. The third-order valence-corrected chi connectivity index (χ3v) is 2.90. The zero-order chi connectivity index (χ0) is 12.8. The summed E-state index contributed by atoms with van der Waals surface area (Å²) < 4.78 is 3.03. The van der Waals surface area contributed by atoms with Gasteiger partial charge in [-0.25, -0.2) is 4.79 Å². The topological polar surface area (TPSA) is 44.0 Å². The van der Waals surface area contributed by atoms with E-state index in [4.69, 9.17) is 0 Å². The Kier molecular flexibility index (Phi) is 5.19. The Morgan fingerprint density at radius 2 is 1.65 bits per heavy atom. The second kappa shape index (κ2) is 6.42. The minimum atomic E-state index is -0.164. The van der Waals surface area contributed by atoms with Crippen molar-refractivity contribution in [2.45, 2.75) is 59.5 Å². The van der Waals surface area contributed by atoms with Crippen LogP contribution in [0.3, 0.4) is 0 Å². The van der Waals surface area contributed by atoms with Gasteiger partial charge in [-0.05, 0) is 19.8 Å². The third-order valence-electron chi connectivity index (χ3n) is 2.90. The van der Waals surface area contributed by atoms with Crippen LogP contribution in [-0.2, 0) is 13.1 Å². The molecule has 96 valence electrons. The van der Waals surface area contributed by atoms with Gasteiger partial charge < -0.3 is 4.57 Å². The smallest absolute Gasteiger partial charge is 0.300 e. The molecular weight excluding hydrogens is 216 g/mol. The molecule has 0 amide bonds. The molecule has 0 atom stereocenters. The molecule has 0 aliphatic rings. The maximum atomic E-state index is 12.1. The van der Waals surface area contributed by atoms with Gasteiger partial charge in [0.1, 0.15) is 0 Å². The maximum Gasteiger partial charge on any atom is 0.330 e. The molecule has 0 aromatic carbocycles. The summed E-state index contributed by atoms with van der Waals surface area (Å²) in [6.45, 7) is 7.14. The highest BCUT2D eigenvalue weighted by molar-refractivity contribution is 5.02. The molecule has 0 saturated heterocycles. The van der Waals surface area contributed by atoms with Crippen molar-refractivity contribution in [3.63, 3.8) is 0 Å². The third kappa shape index (κ3) is 3.32. The molecule has 1 heterocycles. The van der Waals surface area contributed by atoms with Crippen molar-refractivity contribution in [1.29, 1.82) is 0 Å². The van der Waals surface area contributed by atoms with E-state index in [2.05, 4.69) is 13.8 Å². The van der Waals surface area contributed by atoms with Gasteiger partial charge in [-0.1, -0.05) is 26.7 Å². The van der Waals surface area contributed by atoms with Crippen molar-refractivity contribution >= 4 is 0 Å². The van der Waals surface area contributed by atoms with Crippen molar-refractivity contribution in [2.24, 2.45) is 0 Å². The first-order chi connectivity index (χ1) is 8.11. The Balaban J connectivity index is 3.13. The van der Waals surface area contributed by atoms with Crippen LogP contribution in [0.5, 0.6) is 0 Å². The molecule has 4 nitrogen and oxygen atoms in total. The van der Waals surface area contributed by atoms with Crippen LogP contribution in [0.15, 0.2) is 15.8 Å². The largest absolute Gasteiger partial charge is 0.330 e. The van der Waals surface area contributed by atoms with Gasteiger partial charge in [0.15, 0.2) is 0 Å². The summed E-state index contributed by atoms with van der Waals surface area (Å²) in [6, 6.07) is 0. The van der Waals surface area contributed by atoms with E-state index in [9.17, 15) is 9.59 Å². The van der Waals surface area contributed by atoms with Crippen molar-refractivity contribution in [3.05, 3.63) is 32.6 Å². The molecule has 0 spiro atoms. The van der Waals surface area contributed by atoms with Crippen LogP contribution < -0.4 is 11.2 Å². The SMILES string of the molecule is CCCCn1cc(C)c(=O)n(CCCC)c1=O. The summed E-state index contributed by atoms with van der Waals surface area (Å²) >= 11 is 0. The predicted octanol–water partition coefficient (Wildman–Crippen LogP) is 1.92. The zero-order valence-corrected chi connectivity index (χ0v) is 11.0. The Morgan fingerprint density at radius 1 is 1.06 bits per heavy atom. The van der Waals surface area contributed by atoms with E-state index in [0.29, 0.717) is 18.7 Å². The number of aryl methyl sites for hydroxylation is 2. The molecule has 1 rings (SSSR count). The zero-order valence-electron chi connectivity index (χ0n) is 11.0. The Labute approximate surface area is 102 Å². The van der Waals surface area contributed by atoms with Crippen molar-refractivity contribution in [2.75, 3.05) is 0 Å². The minimum absolute atomic E-state index is 0.142. The van der Waals surface area contributed by atoms with Gasteiger partial charge in [-0.15, -0.1) is 0 Å². The summed E-state index contributed by atoms with van der Waals surface area (Å²) in [7, 11) is 0. The van der Waals surface area contributed by atoms with Gasteiger partial charge in [-0.2, -0.15) is 0 Å². The molecule has 0 aliphatic carbocycles. The average Bonchev–Trinajstić information content (AvgIpc) is 2.32. The Morgan fingerprint density at radius 3 is 2.24 bits per heavy atom. The number of hydrogen-bond acceptors (Lipinski definition) is 2. The second-order valence-electron chi connectivity index (χ2n) is 4.45. The monoisotopic (exact) mass is 238 g/mol.